The van der Waals surface area contributed by atoms with Crippen molar-refractivity contribution in [2.45, 2.75) is 45.1 Å². The van der Waals surface area contributed by atoms with Crippen molar-refractivity contribution in [3.63, 3.8) is 0 Å². The fraction of sp³-hybridized carbons (Fsp3) is 0.391. The molecular weight excluding hydrogens is 352 g/mol. The molecule has 2 aromatic carbocycles. The van der Waals surface area contributed by atoms with Crippen LogP contribution in [0.2, 0.25) is 0 Å². The zero-order chi connectivity index (χ0) is 20.1. The van der Waals surface area contributed by atoms with Crippen LogP contribution in [0.3, 0.4) is 0 Å². The van der Waals surface area contributed by atoms with Crippen molar-refractivity contribution in [1.82, 2.24) is 4.90 Å². The van der Waals surface area contributed by atoms with Crippen LogP contribution in [0.4, 0.5) is 10.5 Å². The number of rotatable bonds is 3. The molecule has 5 nitrogen and oxygen atoms in total. The maximum atomic E-state index is 12.6. The van der Waals surface area contributed by atoms with Gasteiger partial charge in [-0.05, 0) is 63.4 Å². The van der Waals surface area contributed by atoms with E-state index in [2.05, 4.69) is 5.32 Å². The molecule has 1 aliphatic rings. The van der Waals surface area contributed by atoms with E-state index in [1.54, 1.807) is 4.90 Å². The average Bonchev–Trinajstić information content (AvgIpc) is 2.68. The Hall–Kier alpha value is -2.82. The van der Waals surface area contributed by atoms with E-state index < -0.39 is 5.60 Å². The maximum absolute atomic E-state index is 12.6. The Kier molecular flexibility index (Phi) is 6.02. The summed E-state index contributed by atoms with van der Waals surface area (Å²) >= 11 is 0. The van der Waals surface area contributed by atoms with Crippen molar-refractivity contribution in [3.8, 4) is 0 Å². The summed E-state index contributed by atoms with van der Waals surface area (Å²) < 4.78 is 5.51. The van der Waals surface area contributed by atoms with Crippen molar-refractivity contribution in [3.05, 3.63) is 65.7 Å². The van der Waals surface area contributed by atoms with Gasteiger partial charge in [-0.1, -0.05) is 30.3 Å². The van der Waals surface area contributed by atoms with E-state index >= 15 is 0 Å². The molecular formula is C23H28N2O3. The number of piperidine rings is 1. The number of hydrogen-bond acceptors (Lipinski definition) is 3. The predicted octanol–water partition coefficient (Wildman–Crippen LogP) is 5.05. The minimum Gasteiger partial charge on any atom is -0.444 e. The lowest BCUT2D eigenvalue weighted by molar-refractivity contribution is 0.0198. The number of nitrogens with zero attached hydrogens (tertiary/aromatic N) is 1. The van der Waals surface area contributed by atoms with Gasteiger partial charge in [-0.15, -0.1) is 0 Å². The Labute approximate surface area is 166 Å². The van der Waals surface area contributed by atoms with Gasteiger partial charge < -0.3 is 15.0 Å². The zero-order valence-corrected chi connectivity index (χ0v) is 16.8. The van der Waals surface area contributed by atoms with Crippen molar-refractivity contribution >= 4 is 17.7 Å². The Morgan fingerprint density at radius 3 is 2.54 bits per heavy atom. The highest BCUT2D eigenvalue weighted by atomic mass is 16.6. The van der Waals surface area contributed by atoms with Gasteiger partial charge in [0, 0.05) is 30.3 Å². The van der Waals surface area contributed by atoms with Gasteiger partial charge in [0.2, 0.25) is 0 Å². The summed E-state index contributed by atoms with van der Waals surface area (Å²) in [5.41, 5.74) is 1.97. The normalized spacial score (nSPS) is 17.1. The minimum absolute atomic E-state index is 0.132. The van der Waals surface area contributed by atoms with Crippen LogP contribution >= 0.6 is 0 Å². The van der Waals surface area contributed by atoms with Gasteiger partial charge in [-0.3, -0.25) is 4.79 Å². The number of benzene rings is 2. The highest BCUT2D eigenvalue weighted by Gasteiger charge is 2.28. The van der Waals surface area contributed by atoms with E-state index in [1.807, 2.05) is 75.4 Å². The zero-order valence-electron chi connectivity index (χ0n) is 16.8. The first-order valence-electron chi connectivity index (χ1n) is 9.76. The molecule has 1 aliphatic heterocycles. The Balaban J connectivity index is 1.69. The third-order valence-electron chi connectivity index (χ3n) is 4.72. The number of nitrogens with one attached hydrogen (secondary N) is 1. The molecule has 2 aromatic rings. The lowest BCUT2D eigenvalue weighted by Gasteiger charge is -2.34. The number of hydrogen-bond donors (Lipinski definition) is 1. The summed E-state index contributed by atoms with van der Waals surface area (Å²) in [6.45, 7) is 6.95. The van der Waals surface area contributed by atoms with Crippen molar-refractivity contribution in [2.24, 2.45) is 0 Å². The number of amides is 2. The molecule has 5 heteroatoms. The van der Waals surface area contributed by atoms with E-state index in [0.29, 0.717) is 18.7 Å². The molecule has 1 saturated heterocycles. The second kappa shape index (κ2) is 8.46. The topological polar surface area (TPSA) is 58.6 Å². The van der Waals surface area contributed by atoms with Gasteiger partial charge in [-0.2, -0.15) is 0 Å². The smallest absolute Gasteiger partial charge is 0.410 e. The van der Waals surface area contributed by atoms with Crippen molar-refractivity contribution < 1.29 is 14.3 Å². The molecule has 148 valence electrons. The fourth-order valence-electron chi connectivity index (χ4n) is 3.40. The fourth-order valence-corrected chi connectivity index (χ4v) is 3.40. The summed E-state index contributed by atoms with van der Waals surface area (Å²) in [7, 11) is 0. The van der Waals surface area contributed by atoms with Crippen LogP contribution in [0.1, 0.15) is 55.5 Å². The predicted molar refractivity (Wildman–Crippen MR) is 111 cm³/mol. The van der Waals surface area contributed by atoms with Crippen LogP contribution in [-0.4, -0.2) is 35.6 Å². The third kappa shape index (κ3) is 5.35. The molecule has 3 rings (SSSR count). The van der Waals surface area contributed by atoms with E-state index in [9.17, 15) is 9.59 Å². The van der Waals surface area contributed by atoms with Crippen molar-refractivity contribution in [2.75, 3.05) is 18.4 Å². The summed E-state index contributed by atoms with van der Waals surface area (Å²) in [5, 5.41) is 2.92. The van der Waals surface area contributed by atoms with Crippen molar-refractivity contribution in [1.29, 1.82) is 0 Å². The summed E-state index contributed by atoms with van der Waals surface area (Å²) in [4.78, 5) is 26.8. The number of ether oxygens (including phenoxy) is 1. The Bertz CT molecular complexity index is 827. The second-order valence-corrected chi connectivity index (χ2v) is 8.21. The molecule has 0 unspecified atom stereocenters. The highest BCUT2D eigenvalue weighted by Crippen LogP contribution is 2.28. The molecule has 1 fully saturated rings. The molecule has 0 bridgehead atoms. The van der Waals surface area contributed by atoms with Gasteiger partial charge >= 0.3 is 6.09 Å². The SMILES string of the molecule is CC(C)(C)OC(=O)N1CCC[C@@H](c2cccc(C(=O)Nc3ccccc3)c2)C1. The van der Waals surface area contributed by atoms with Gasteiger partial charge in [-0.25, -0.2) is 4.79 Å². The van der Waals surface area contributed by atoms with E-state index in [0.717, 1.165) is 24.1 Å². The van der Waals surface area contributed by atoms with Crippen LogP contribution in [0.15, 0.2) is 54.6 Å². The molecule has 1 atom stereocenters. The van der Waals surface area contributed by atoms with Gasteiger partial charge in [0.25, 0.3) is 5.91 Å². The molecule has 1 heterocycles. The molecule has 2 amide bonds. The van der Waals surface area contributed by atoms with Crippen LogP contribution in [0.25, 0.3) is 0 Å². The van der Waals surface area contributed by atoms with Gasteiger partial charge in [0.1, 0.15) is 5.60 Å². The standard InChI is InChI=1S/C23H28N2O3/c1-23(2,3)28-22(27)25-14-8-11-19(16-25)17-9-7-10-18(15-17)21(26)24-20-12-5-4-6-13-20/h4-7,9-10,12-13,15,19H,8,11,14,16H2,1-3H3,(H,24,26)/t19-/m1/s1. The minimum atomic E-state index is -0.501. The van der Waals surface area contributed by atoms with Gasteiger partial charge in [0.05, 0.1) is 0 Å². The average molecular weight is 380 g/mol. The third-order valence-corrected chi connectivity index (χ3v) is 4.72. The molecule has 0 spiro atoms. The molecule has 0 radical (unpaired) electrons. The first-order valence-corrected chi connectivity index (χ1v) is 9.76. The summed E-state index contributed by atoms with van der Waals surface area (Å²) in [6.07, 6.45) is 1.64. The summed E-state index contributed by atoms with van der Waals surface area (Å²) in [6, 6.07) is 17.1. The highest BCUT2D eigenvalue weighted by molar-refractivity contribution is 6.04. The van der Waals surface area contributed by atoms with E-state index in [-0.39, 0.29) is 17.9 Å². The molecule has 28 heavy (non-hydrogen) atoms. The lowest BCUT2D eigenvalue weighted by Crippen LogP contribution is -2.42. The van der Waals surface area contributed by atoms with E-state index in [1.165, 1.54) is 0 Å². The largest absolute Gasteiger partial charge is 0.444 e. The number of carbonyl (C=O) groups is 2. The van der Waals surface area contributed by atoms with Crippen LogP contribution in [0, 0.1) is 0 Å². The first-order chi connectivity index (χ1) is 13.3. The Morgan fingerprint density at radius 2 is 1.82 bits per heavy atom. The maximum Gasteiger partial charge on any atom is 0.410 e. The van der Waals surface area contributed by atoms with Crippen LogP contribution in [-0.2, 0) is 4.74 Å². The Morgan fingerprint density at radius 1 is 1.07 bits per heavy atom. The molecule has 0 aliphatic carbocycles. The lowest BCUT2D eigenvalue weighted by atomic mass is 9.90. The first kappa shape index (κ1) is 19.9. The second-order valence-electron chi connectivity index (χ2n) is 8.21. The van der Waals surface area contributed by atoms with E-state index in [4.69, 9.17) is 4.74 Å². The number of carbonyl (C=O) groups excluding carboxylic acids is 2. The summed E-state index contributed by atoms with van der Waals surface area (Å²) in [5.74, 6) is 0.0681. The number of anilines is 1. The quantitative estimate of drug-likeness (QED) is 0.810. The van der Waals surface area contributed by atoms with Crippen LogP contribution in [0.5, 0.6) is 0 Å². The molecule has 0 aromatic heterocycles. The molecule has 1 N–H and O–H groups in total. The van der Waals surface area contributed by atoms with Gasteiger partial charge in [0.15, 0.2) is 0 Å². The number of para-hydroxylation sites is 1. The monoisotopic (exact) mass is 380 g/mol. The van der Waals surface area contributed by atoms with Crippen LogP contribution < -0.4 is 5.32 Å². The number of likely N-dealkylation sites (tertiary alicyclic amines) is 1. The molecule has 0 saturated carbocycles.